The van der Waals surface area contributed by atoms with Gasteiger partial charge in [-0.15, -0.1) is 0 Å². The van der Waals surface area contributed by atoms with Gasteiger partial charge in [-0.2, -0.15) is 0 Å². The van der Waals surface area contributed by atoms with Crippen molar-refractivity contribution < 1.29 is 18.0 Å². The number of amides is 2. The number of sulfone groups is 1. The van der Waals surface area contributed by atoms with Gasteiger partial charge in [0.1, 0.15) is 0 Å². The fourth-order valence-corrected chi connectivity index (χ4v) is 9.03. The molecule has 0 radical (unpaired) electrons. The molecule has 1 heterocycles. The highest BCUT2D eigenvalue weighted by molar-refractivity contribution is 7.92. The second kappa shape index (κ2) is 14.8. The molecule has 0 bridgehead atoms. The monoisotopic (exact) mass is 688 g/mol. The van der Waals surface area contributed by atoms with E-state index in [1.54, 1.807) is 30.9 Å². The fourth-order valence-electron chi connectivity index (χ4n) is 7.30. The van der Waals surface area contributed by atoms with Crippen LogP contribution < -0.4 is 5.32 Å². The van der Waals surface area contributed by atoms with E-state index in [9.17, 15) is 18.0 Å². The zero-order valence-corrected chi connectivity index (χ0v) is 30.4. The maximum Gasteiger partial charge on any atom is 0.229 e. The minimum absolute atomic E-state index is 0.00883. The first-order chi connectivity index (χ1) is 21.5. The van der Waals surface area contributed by atoms with Crippen LogP contribution in [0.25, 0.3) is 0 Å². The summed E-state index contributed by atoms with van der Waals surface area (Å²) in [5.41, 5.74) is 1.90. The third-order valence-electron chi connectivity index (χ3n) is 10.2. The molecule has 0 spiro atoms. The summed E-state index contributed by atoms with van der Waals surface area (Å²) in [6, 6.07) is 14.0. The molecule has 1 aliphatic heterocycles. The van der Waals surface area contributed by atoms with Crippen molar-refractivity contribution in [1.82, 2.24) is 10.2 Å². The third kappa shape index (κ3) is 8.38. The Hall–Kier alpha value is -2.35. The lowest BCUT2D eigenvalue weighted by Gasteiger charge is -2.53. The number of allylic oxidation sites excluding steroid dienone is 1. The quantitative estimate of drug-likeness (QED) is 0.240. The Kier molecular flexibility index (Phi) is 11.8. The third-order valence-corrected chi connectivity index (χ3v) is 12.9. The van der Waals surface area contributed by atoms with Gasteiger partial charge in [0.15, 0.2) is 9.84 Å². The van der Waals surface area contributed by atoms with Crippen molar-refractivity contribution in [3.05, 3.63) is 81.9 Å². The summed E-state index contributed by atoms with van der Waals surface area (Å²) < 4.78 is 26.9. The molecule has 46 heavy (non-hydrogen) atoms. The van der Waals surface area contributed by atoms with Crippen LogP contribution in [0.3, 0.4) is 0 Å². The number of rotatable bonds is 11. The molecule has 2 amide bonds. The predicted octanol–water partition coefficient (Wildman–Crippen LogP) is 8.55. The van der Waals surface area contributed by atoms with Crippen LogP contribution in [0, 0.1) is 17.3 Å². The smallest absolute Gasteiger partial charge is 0.229 e. The molecule has 2 aliphatic rings. The van der Waals surface area contributed by atoms with Crippen LogP contribution in [0.4, 0.5) is 0 Å². The van der Waals surface area contributed by atoms with E-state index in [1.165, 1.54) is 5.57 Å². The molecule has 4 atom stereocenters. The van der Waals surface area contributed by atoms with Gasteiger partial charge in [-0.05, 0) is 100 Å². The van der Waals surface area contributed by atoms with E-state index in [2.05, 4.69) is 18.8 Å². The number of nitrogens with one attached hydrogen (secondary N) is 1. The van der Waals surface area contributed by atoms with Crippen molar-refractivity contribution >= 4 is 44.9 Å². The highest BCUT2D eigenvalue weighted by atomic mass is 35.5. The van der Waals surface area contributed by atoms with Gasteiger partial charge in [-0.1, -0.05) is 80.4 Å². The average molecular weight is 690 g/mol. The minimum atomic E-state index is -3.53. The first-order valence-corrected chi connectivity index (χ1v) is 19.0. The second-order valence-electron chi connectivity index (χ2n) is 14.5. The minimum Gasteiger partial charge on any atom is -0.353 e. The first-order valence-electron chi connectivity index (χ1n) is 16.5. The molecule has 2 aromatic rings. The van der Waals surface area contributed by atoms with Crippen LogP contribution in [0.15, 0.2) is 60.7 Å². The summed E-state index contributed by atoms with van der Waals surface area (Å²) in [4.78, 5) is 30.5. The fraction of sp³-hybridized carbons (Fsp3) is 0.568. The van der Waals surface area contributed by atoms with Gasteiger partial charge in [0.05, 0.1) is 22.5 Å². The zero-order valence-electron chi connectivity index (χ0n) is 28.1. The van der Waals surface area contributed by atoms with E-state index >= 15 is 0 Å². The molecule has 1 N–H and O–H groups in total. The molecule has 4 rings (SSSR count). The van der Waals surface area contributed by atoms with Crippen LogP contribution in [0.2, 0.25) is 10.0 Å². The lowest BCUT2D eigenvalue weighted by atomic mass is 9.66. The molecular formula is C37H50Cl2N2O4S. The lowest BCUT2D eigenvalue weighted by molar-refractivity contribution is -0.158. The van der Waals surface area contributed by atoms with E-state index in [1.807, 2.05) is 57.2 Å². The van der Waals surface area contributed by atoms with Gasteiger partial charge >= 0.3 is 0 Å². The van der Waals surface area contributed by atoms with Crippen LogP contribution in [0.1, 0.15) is 103 Å². The second-order valence-corrected chi connectivity index (χ2v) is 17.9. The van der Waals surface area contributed by atoms with Gasteiger partial charge in [0.25, 0.3) is 0 Å². The van der Waals surface area contributed by atoms with E-state index in [-0.39, 0.29) is 41.9 Å². The number of carbonyl (C=O) groups excluding carboxylic acids is 2. The number of halogens is 2. The highest BCUT2D eigenvalue weighted by Gasteiger charge is 2.53. The largest absolute Gasteiger partial charge is 0.353 e. The Morgan fingerprint density at radius 1 is 1.00 bits per heavy atom. The highest BCUT2D eigenvalue weighted by Crippen LogP contribution is 2.52. The van der Waals surface area contributed by atoms with Gasteiger partial charge < -0.3 is 10.2 Å². The van der Waals surface area contributed by atoms with E-state index in [0.29, 0.717) is 22.4 Å². The molecule has 1 saturated heterocycles. The average Bonchev–Trinajstić information content (AvgIpc) is 2.98. The van der Waals surface area contributed by atoms with Gasteiger partial charge in [-0.25, -0.2) is 8.42 Å². The lowest BCUT2D eigenvalue weighted by Crippen LogP contribution is -2.59. The number of carbonyl (C=O) groups is 2. The maximum absolute atomic E-state index is 15.0. The maximum atomic E-state index is 15.0. The summed E-state index contributed by atoms with van der Waals surface area (Å²) in [6.45, 7) is 15.3. The molecule has 0 aromatic heterocycles. The Balaban J connectivity index is 1.79. The van der Waals surface area contributed by atoms with Crippen molar-refractivity contribution in [2.24, 2.45) is 17.3 Å². The van der Waals surface area contributed by atoms with Gasteiger partial charge in [0, 0.05) is 34.5 Å². The number of nitrogens with zero attached hydrogens (tertiary/aromatic N) is 1. The number of benzene rings is 2. The molecule has 6 nitrogen and oxygen atoms in total. The van der Waals surface area contributed by atoms with Crippen LogP contribution in [0.5, 0.6) is 0 Å². The Morgan fingerprint density at radius 2 is 1.63 bits per heavy atom. The molecule has 1 saturated carbocycles. The summed E-state index contributed by atoms with van der Waals surface area (Å²) in [5, 5.41) is 3.78. The molecule has 252 valence electrons. The Bertz CT molecular complexity index is 1520. The molecule has 2 aromatic carbocycles. The molecule has 1 aliphatic carbocycles. The summed E-state index contributed by atoms with van der Waals surface area (Å²) >= 11 is 12.8. The number of likely N-dealkylation sites (tertiary alicyclic amines) is 1. The standard InChI is InChI=1S/C37H50Cl2N2O4S/c1-23(2)26-13-17-31(18-14-26)40-34(42)21-37(7)20-32(28-9-8-10-30(39)19-28)35(27-11-15-29(38)16-12-27)41(36(37)43)33(24(3)4)22-46(44,45)25(5)6/h8-12,15-16,19,24-26,31-33,35H,1,13-14,17-18,20-22H2,2-7H3,(H,40,42)/t26?,31?,32-,33-,35-,37-/m1/s1. The topological polar surface area (TPSA) is 83.6 Å². The number of hydrogen-bond acceptors (Lipinski definition) is 4. The van der Waals surface area contributed by atoms with Gasteiger partial charge in [0.2, 0.25) is 11.8 Å². The molecule has 0 unspecified atom stereocenters. The van der Waals surface area contributed by atoms with E-state index in [4.69, 9.17) is 23.2 Å². The Morgan fingerprint density at radius 3 is 2.17 bits per heavy atom. The van der Waals surface area contributed by atoms with E-state index < -0.39 is 32.6 Å². The van der Waals surface area contributed by atoms with Crippen molar-refractivity contribution in [2.75, 3.05) is 5.75 Å². The molecule has 2 fully saturated rings. The number of hydrogen-bond donors (Lipinski definition) is 1. The van der Waals surface area contributed by atoms with Crippen LogP contribution in [-0.2, 0) is 19.4 Å². The Labute approximate surface area is 286 Å². The van der Waals surface area contributed by atoms with Crippen LogP contribution in [-0.4, -0.2) is 48.2 Å². The number of piperidine rings is 1. The van der Waals surface area contributed by atoms with Crippen LogP contribution >= 0.6 is 23.2 Å². The van der Waals surface area contributed by atoms with Crippen molar-refractivity contribution in [1.29, 1.82) is 0 Å². The van der Waals surface area contributed by atoms with Crippen molar-refractivity contribution in [2.45, 2.75) is 109 Å². The summed E-state index contributed by atoms with van der Waals surface area (Å²) in [7, 11) is -3.53. The molecular weight excluding hydrogens is 639 g/mol. The normalized spacial score (nSPS) is 26.3. The first kappa shape index (κ1) is 36.5. The zero-order chi connectivity index (χ0) is 34.0. The van der Waals surface area contributed by atoms with Gasteiger partial charge in [-0.3, -0.25) is 9.59 Å². The van der Waals surface area contributed by atoms with Crippen molar-refractivity contribution in [3.8, 4) is 0 Å². The van der Waals surface area contributed by atoms with E-state index in [0.717, 1.165) is 36.8 Å². The summed E-state index contributed by atoms with van der Waals surface area (Å²) in [5.74, 6) is -0.479. The van der Waals surface area contributed by atoms with Crippen molar-refractivity contribution in [3.63, 3.8) is 0 Å². The molecule has 9 heteroatoms. The predicted molar refractivity (Wildman–Crippen MR) is 189 cm³/mol. The summed E-state index contributed by atoms with van der Waals surface area (Å²) in [6.07, 6.45) is 4.15. The SMILES string of the molecule is C=C(C)C1CCC(NC(=O)C[C@@]2(C)C[C@H](c3cccc(Cl)c3)[C@@H](c3ccc(Cl)cc3)N([C@H](CS(=O)(=O)C(C)C)C(C)C)C2=O)CC1.